The molecule has 0 unspecified atom stereocenters. The molecule has 3 heteroatoms. The van der Waals surface area contributed by atoms with Gasteiger partial charge in [0.25, 0.3) is 0 Å². The van der Waals surface area contributed by atoms with E-state index >= 15 is 0 Å². The van der Waals surface area contributed by atoms with Gasteiger partial charge in [0.1, 0.15) is 5.82 Å². The minimum absolute atomic E-state index is 0.708. The summed E-state index contributed by atoms with van der Waals surface area (Å²) in [5.74, 6) is 2.05. The van der Waals surface area contributed by atoms with E-state index in [9.17, 15) is 0 Å². The highest BCUT2D eigenvalue weighted by Crippen LogP contribution is 2.29. The lowest BCUT2D eigenvalue weighted by atomic mass is 9.93. The van der Waals surface area contributed by atoms with Gasteiger partial charge in [-0.25, -0.2) is 4.98 Å². The zero-order valence-corrected chi connectivity index (χ0v) is 10.1. The number of nitrogens with zero attached hydrogens (tertiary/aromatic N) is 2. The molecule has 3 heterocycles. The predicted octanol–water partition coefficient (Wildman–Crippen LogP) is 1.99. The summed E-state index contributed by atoms with van der Waals surface area (Å²) in [7, 11) is 0. The molecule has 0 amide bonds. The van der Waals surface area contributed by atoms with E-state index in [2.05, 4.69) is 16.8 Å². The van der Waals surface area contributed by atoms with Gasteiger partial charge in [-0.3, -0.25) is 0 Å². The molecule has 1 N–H and O–H groups in total. The summed E-state index contributed by atoms with van der Waals surface area (Å²) in [6.45, 7) is 5.77. The van der Waals surface area contributed by atoms with Crippen LogP contribution in [0.5, 0.6) is 0 Å². The van der Waals surface area contributed by atoms with E-state index in [0.29, 0.717) is 5.92 Å². The van der Waals surface area contributed by atoms with Gasteiger partial charge in [0.15, 0.2) is 0 Å². The second-order valence-corrected chi connectivity index (χ2v) is 5.13. The van der Waals surface area contributed by atoms with Crippen molar-refractivity contribution in [2.45, 2.75) is 51.5 Å². The van der Waals surface area contributed by atoms with Crippen molar-refractivity contribution in [1.82, 2.24) is 14.9 Å². The first-order valence-corrected chi connectivity index (χ1v) is 6.63. The monoisotopic (exact) mass is 219 g/mol. The average Bonchev–Trinajstić information content (AvgIpc) is 2.69. The molecule has 16 heavy (non-hydrogen) atoms. The van der Waals surface area contributed by atoms with Crippen molar-refractivity contribution in [3.63, 3.8) is 0 Å². The Balaban J connectivity index is 1.91. The Morgan fingerprint density at radius 2 is 2.06 bits per heavy atom. The zero-order chi connectivity index (χ0) is 11.0. The minimum atomic E-state index is 0.708. The summed E-state index contributed by atoms with van der Waals surface area (Å²) in [6.07, 6.45) is 6.36. The molecule has 0 saturated carbocycles. The lowest BCUT2D eigenvalue weighted by Gasteiger charge is -2.21. The largest absolute Gasteiger partial charge is 0.332 e. The van der Waals surface area contributed by atoms with Crippen molar-refractivity contribution < 1.29 is 0 Å². The molecular formula is C13H21N3. The van der Waals surface area contributed by atoms with E-state index in [1.807, 2.05) is 0 Å². The molecule has 1 aromatic heterocycles. The van der Waals surface area contributed by atoms with Crippen molar-refractivity contribution in [3.8, 4) is 0 Å². The first-order chi connectivity index (χ1) is 7.86. The van der Waals surface area contributed by atoms with Crippen LogP contribution >= 0.6 is 0 Å². The summed E-state index contributed by atoms with van der Waals surface area (Å²) < 4.78 is 2.46. The smallest absolute Gasteiger partial charge is 0.109 e. The number of hydrogen-bond donors (Lipinski definition) is 1. The normalized spacial score (nSPS) is 22.1. The fraction of sp³-hybridized carbons (Fsp3) is 0.769. The first kappa shape index (κ1) is 10.3. The van der Waals surface area contributed by atoms with Gasteiger partial charge < -0.3 is 9.88 Å². The highest BCUT2D eigenvalue weighted by molar-refractivity contribution is 5.21. The molecule has 0 spiro atoms. The van der Waals surface area contributed by atoms with Gasteiger partial charge in [-0.2, -0.15) is 0 Å². The van der Waals surface area contributed by atoms with Crippen LogP contribution < -0.4 is 5.32 Å². The van der Waals surface area contributed by atoms with Gasteiger partial charge in [-0.05, 0) is 45.7 Å². The van der Waals surface area contributed by atoms with E-state index in [1.54, 1.807) is 0 Å². The maximum atomic E-state index is 4.91. The van der Waals surface area contributed by atoms with Crippen molar-refractivity contribution in [1.29, 1.82) is 0 Å². The molecule has 1 fully saturated rings. The summed E-state index contributed by atoms with van der Waals surface area (Å²) in [6, 6.07) is 0. The minimum Gasteiger partial charge on any atom is -0.332 e. The van der Waals surface area contributed by atoms with Crippen LogP contribution in [0.15, 0.2) is 0 Å². The van der Waals surface area contributed by atoms with Crippen LogP contribution in [0.1, 0.15) is 48.8 Å². The Morgan fingerprint density at radius 1 is 1.25 bits per heavy atom. The highest BCUT2D eigenvalue weighted by Gasteiger charge is 2.24. The SMILES string of the molecule is Cc1c(C2CCNCC2)nc2n1CCCC2. The van der Waals surface area contributed by atoms with Gasteiger partial charge in [-0.15, -0.1) is 0 Å². The molecular weight excluding hydrogens is 198 g/mol. The lowest BCUT2D eigenvalue weighted by molar-refractivity contribution is 0.452. The number of fused-ring (bicyclic) bond motifs is 1. The summed E-state index contributed by atoms with van der Waals surface area (Å²) >= 11 is 0. The van der Waals surface area contributed by atoms with Crippen molar-refractivity contribution in [2.24, 2.45) is 0 Å². The summed E-state index contributed by atoms with van der Waals surface area (Å²) in [4.78, 5) is 4.91. The molecule has 2 aliphatic rings. The Morgan fingerprint density at radius 3 is 2.81 bits per heavy atom. The molecule has 88 valence electrons. The topological polar surface area (TPSA) is 29.9 Å². The maximum absolute atomic E-state index is 4.91. The zero-order valence-electron chi connectivity index (χ0n) is 10.1. The van der Waals surface area contributed by atoms with Gasteiger partial charge >= 0.3 is 0 Å². The van der Waals surface area contributed by atoms with E-state index in [0.717, 1.165) is 13.1 Å². The predicted molar refractivity (Wildman–Crippen MR) is 64.7 cm³/mol. The highest BCUT2D eigenvalue weighted by atomic mass is 15.1. The number of rotatable bonds is 1. The van der Waals surface area contributed by atoms with Crippen molar-refractivity contribution >= 4 is 0 Å². The summed E-state index contributed by atoms with van der Waals surface area (Å²) in [5, 5.41) is 3.43. The van der Waals surface area contributed by atoms with E-state index in [-0.39, 0.29) is 0 Å². The Bertz CT molecular complexity index is 375. The third-order valence-electron chi connectivity index (χ3n) is 4.09. The van der Waals surface area contributed by atoms with E-state index < -0.39 is 0 Å². The standard InChI is InChI=1S/C13H21N3/c1-10-13(11-5-7-14-8-6-11)15-12-4-2-3-9-16(10)12/h11,14H,2-9H2,1H3. The van der Waals surface area contributed by atoms with Crippen LogP contribution in [-0.4, -0.2) is 22.6 Å². The number of aryl methyl sites for hydroxylation is 1. The molecule has 3 rings (SSSR count). The molecule has 3 nitrogen and oxygen atoms in total. The average molecular weight is 219 g/mol. The van der Waals surface area contributed by atoms with E-state index in [4.69, 9.17) is 4.98 Å². The van der Waals surface area contributed by atoms with Crippen LogP contribution in [0.3, 0.4) is 0 Å². The van der Waals surface area contributed by atoms with Crippen LogP contribution in [0.4, 0.5) is 0 Å². The number of hydrogen-bond acceptors (Lipinski definition) is 2. The number of imidazole rings is 1. The molecule has 1 aromatic rings. The second-order valence-electron chi connectivity index (χ2n) is 5.13. The second kappa shape index (κ2) is 4.21. The van der Waals surface area contributed by atoms with Gasteiger partial charge in [-0.1, -0.05) is 0 Å². The van der Waals surface area contributed by atoms with Gasteiger partial charge in [0.05, 0.1) is 5.69 Å². The fourth-order valence-corrected chi connectivity index (χ4v) is 3.13. The molecule has 2 aliphatic heterocycles. The molecule has 0 atom stereocenters. The van der Waals surface area contributed by atoms with E-state index in [1.165, 1.54) is 55.9 Å². The van der Waals surface area contributed by atoms with Crippen LogP contribution in [0.25, 0.3) is 0 Å². The Labute approximate surface area is 97.3 Å². The van der Waals surface area contributed by atoms with Gasteiger partial charge in [0.2, 0.25) is 0 Å². The van der Waals surface area contributed by atoms with Crippen LogP contribution in [0, 0.1) is 6.92 Å². The van der Waals surface area contributed by atoms with Crippen LogP contribution in [0.2, 0.25) is 0 Å². The molecule has 0 aromatic carbocycles. The number of piperidine rings is 1. The first-order valence-electron chi connectivity index (χ1n) is 6.63. The fourth-order valence-electron chi connectivity index (χ4n) is 3.13. The number of aromatic nitrogens is 2. The molecule has 1 saturated heterocycles. The maximum Gasteiger partial charge on any atom is 0.109 e. The Kier molecular flexibility index (Phi) is 2.72. The van der Waals surface area contributed by atoms with Gasteiger partial charge in [0, 0.05) is 24.6 Å². The lowest BCUT2D eigenvalue weighted by Crippen LogP contribution is -2.27. The van der Waals surface area contributed by atoms with Crippen molar-refractivity contribution in [2.75, 3.05) is 13.1 Å². The number of nitrogens with one attached hydrogen (secondary N) is 1. The molecule has 0 bridgehead atoms. The van der Waals surface area contributed by atoms with Crippen LogP contribution in [-0.2, 0) is 13.0 Å². The summed E-state index contributed by atoms with van der Waals surface area (Å²) in [5.41, 5.74) is 2.85. The third kappa shape index (κ3) is 1.67. The molecule has 0 radical (unpaired) electrons. The molecule has 0 aliphatic carbocycles. The quantitative estimate of drug-likeness (QED) is 0.783. The third-order valence-corrected chi connectivity index (χ3v) is 4.09. The van der Waals surface area contributed by atoms with Crippen molar-refractivity contribution in [3.05, 3.63) is 17.2 Å². The Hall–Kier alpha value is -0.830.